The van der Waals surface area contributed by atoms with Crippen LogP contribution in [0.5, 0.6) is 0 Å². The van der Waals surface area contributed by atoms with E-state index in [1.54, 1.807) is 7.05 Å². The molecule has 3 N–H and O–H groups in total. The van der Waals surface area contributed by atoms with E-state index < -0.39 is 10.0 Å². The van der Waals surface area contributed by atoms with Crippen LogP contribution in [-0.2, 0) is 10.0 Å². The monoisotopic (exact) mass is 230 g/mol. The molecule has 0 aliphatic heterocycles. The number of nitrogens with zero attached hydrogens (tertiary/aromatic N) is 2. The molecule has 1 fully saturated rings. The van der Waals surface area contributed by atoms with Crippen molar-refractivity contribution >= 4 is 15.8 Å². The highest BCUT2D eigenvalue weighted by atomic mass is 32.2. The predicted molar refractivity (Wildman–Crippen MR) is 55.6 cm³/mol. The van der Waals surface area contributed by atoms with Crippen LogP contribution in [0.4, 0.5) is 5.82 Å². The average molecular weight is 230 g/mol. The molecule has 1 heterocycles. The third-order valence-corrected chi connectivity index (χ3v) is 4.82. The first-order chi connectivity index (χ1) is 7.03. The van der Waals surface area contributed by atoms with E-state index in [4.69, 9.17) is 5.73 Å². The molecule has 2 rings (SSSR count). The van der Waals surface area contributed by atoms with Gasteiger partial charge in [0.15, 0.2) is 0 Å². The lowest BCUT2D eigenvalue weighted by Crippen LogP contribution is -2.41. The molecular formula is C8H14N4O2S. The smallest absolute Gasteiger partial charge is 0.248 e. The number of hydrogen-bond acceptors (Lipinski definition) is 4. The zero-order valence-corrected chi connectivity index (χ0v) is 9.29. The van der Waals surface area contributed by atoms with Gasteiger partial charge >= 0.3 is 0 Å². The second-order valence-corrected chi connectivity index (χ2v) is 5.72. The van der Waals surface area contributed by atoms with Crippen molar-refractivity contribution in [3.8, 4) is 0 Å². The van der Waals surface area contributed by atoms with E-state index in [1.165, 1.54) is 10.5 Å². The van der Waals surface area contributed by atoms with Gasteiger partial charge in [0, 0.05) is 13.1 Å². The molecule has 1 aliphatic rings. The van der Waals surface area contributed by atoms with E-state index in [-0.39, 0.29) is 16.8 Å². The zero-order chi connectivity index (χ0) is 11.1. The summed E-state index contributed by atoms with van der Waals surface area (Å²) >= 11 is 0. The van der Waals surface area contributed by atoms with E-state index in [0.717, 1.165) is 19.3 Å². The number of nitrogen functional groups attached to an aromatic ring is 1. The second-order valence-electron chi connectivity index (χ2n) is 3.75. The van der Waals surface area contributed by atoms with Crippen LogP contribution in [0.2, 0.25) is 0 Å². The van der Waals surface area contributed by atoms with Crippen LogP contribution >= 0.6 is 0 Å². The lowest BCUT2D eigenvalue weighted by atomic mass is 9.94. The summed E-state index contributed by atoms with van der Waals surface area (Å²) in [5, 5.41) is 6.04. The van der Waals surface area contributed by atoms with Crippen molar-refractivity contribution < 1.29 is 8.42 Å². The summed E-state index contributed by atoms with van der Waals surface area (Å²) in [6.07, 6.45) is 4.19. The van der Waals surface area contributed by atoms with Crippen molar-refractivity contribution in [3.63, 3.8) is 0 Å². The fraction of sp³-hybridized carbons (Fsp3) is 0.625. The van der Waals surface area contributed by atoms with Gasteiger partial charge < -0.3 is 5.73 Å². The van der Waals surface area contributed by atoms with Gasteiger partial charge in [-0.3, -0.25) is 5.10 Å². The summed E-state index contributed by atoms with van der Waals surface area (Å²) in [4.78, 5) is 0.0666. The maximum absolute atomic E-state index is 12.0. The van der Waals surface area contributed by atoms with Gasteiger partial charge in [-0.05, 0) is 12.8 Å². The number of nitrogens with one attached hydrogen (secondary N) is 1. The highest BCUT2D eigenvalue weighted by molar-refractivity contribution is 7.89. The number of rotatable bonds is 3. The van der Waals surface area contributed by atoms with E-state index in [0.29, 0.717) is 0 Å². The third kappa shape index (κ3) is 1.61. The first-order valence-electron chi connectivity index (χ1n) is 4.80. The van der Waals surface area contributed by atoms with Crippen LogP contribution in [0.1, 0.15) is 19.3 Å². The van der Waals surface area contributed by atoms with Crippen molar-refractivity contribution in [1.29, 1.82) is 0 Å². The Kier molecular flexibility index (Phi) is 2.43. The molecule has 6 nitrogen and oxygen atoms in total. The minimum absolute atomic E-state index is 0.0666. The van der Waals surface area contributed by atoms with Gasteiger partial charge in [0.25, 0.3) is 0 Å². The maximum atomic E-state index is 12.0. The van der Waals surface area contributed by atoms with Crippen molar-refractivity contribution in [2.75, 3.05) is 12.8 Å². The predicted octanol–water partition coefficient (Wildman–Crippen LogP) is 0.165. The Hall–Kier alpha value is -1.08. The van der Waals surface area contributed by atoms with Gasteiger partial charge in [-0.25, -0.2) is 8.42 Å². The summed E-state index contributed by atoms with van der Waals surface area (Å²) in [7, 11) is -1.88. The molecule has 84 valence electrons. The Morgan fingerprint density at radius 3 is 2.67 bits per heavy atom. The van der Waals surface area contributed by atoms with Crippen molar-refractivity contribution in [1.82, 2.24) is 14.5 Å². The van der Waals surface area contributed by atoms with Crippen LogP contribution < -0.4 is 5.73 Å². The summed E-state index contributed by atoms with van der Waals surface area (Å²) < 4.78 is 25.5. The van der Waals surface area contributed by atoms with Crippen LogP contribution in [0, 0.1) is 0 Å². The number of H-pyrrole nitrogens is 1. The molecular weight excluding hydrogens is 216 g/mol. The minimum atomic E-state index is -3.47. The van der Waals surface area contributed by atoms with Crippen molar-refractivity contribution in [3.05, 3.63) is 6.20 Å². The fourth-order valence-electron chi connectivity index (χ4n) is 1.59. The molecule has 7 heteroatoms. The molecule has 0 aromatic carbocycles. The standard InChI is InChI=1S/C8H14N4O2S/c1-12(6-3-2-4-6)15(13,14)7-5-10-11-8(7)9/h5-6H,2-4H2,1H3,(H3,9,10,11). The van der Waals surface area contributed by atoms with Crippen LogP contribution in [0.3, 0.4) is 0 Å². The quantitative estimate of drug-likeness (QED) is 0.774. The molecule has 0 spiro atoms. The van der Waals surface area contributed by atoms with Crippen molar-refractivity contribution in [2.24, 2.45) is 0 Å². The summed E-state index contributed by atoms with van der Waals surface area (Å²) in [6.45, 7) is 0. The number of sulfonamides is 1. The molecule has 1 saturated carbocycles. The summed E-state index contributed by atoms with van der Waals surface area (Å²) in [5.74, 6) is 0.0983. The third-order valence-electron chi connectivity index (χ3n) is 2.88. The Labute approximate surface area is 88.5 Å². The fourth-order valence-corrected chi connectivity index (χ4v) is 3.02. The summed E-state index contributed by atoms with van der Waals surface area (Å²) in [5.41, 5.74) is 5.50. The van der Waals surface area contributed by atoms with Crippen LogP contribution in [0.25, 0.3) is 0 Å². The Morgan fingerprint density at radius 2 is 2.27 bits per heavy atom. The molecule has 15 heavy (non-hydrogen) atoms. The first-order valence-corrected chi connectivity index (χ1v) is 6.24. The molecule has 0 bridgehead atoms. The van der Waals surface area contributed by atoms with E-state index in [1.807, 2.05) is 0 Å². The molecule has 1 aliphatic carbocycles. The van der Waals surface area contributed by atoms with Gasteiger partial charge in [0.2, 0.25) is 10.0 Å². The van der Waals surface area contributed by atoms with Gasteiger partial charge in [-0.2, -0.15) is 9.40 Å². The lowest BCUT2D eigenvalue weighted by Gasteiger charge is -2.33. The number of aromatic nitrogens is 2. The second kappa shape index (κ2) is 3.49. The van der Waals surface area contributed by atoms with Gasteiger partial charge in [0.05, 0.1) is 6.20 Å². The Balaban J connectivity index is 2.30. The summed E-state index contributed by atoms with van der Waals surface area (Å²) in [6, 6.07) is 0.115. The first kappa shape index (κ1) is 10.4. The van der Waals surface area contributed by atoms with Gasteiger partial charge in [-0.15, -0.1) is 0 Å². The van der Waals surface area contributed by atoms with E-state index in [2.05, 4.69) is 10.2 Å². The normalized spacial score (nSPS) is 18.0. The van der Waals surface area contributed by atoms with Gasteiger partial charge in [0.1, 0.15) is 10.7 Å². The lowest BCUT2D eigenvalue weighted by molar-refractivity contribution is 0.250. The highest BCUT2D eigenvalue weighted by Crippen LogP contribution is 2.29. The number of nitrogens with two attached hydrogens (primary N) is 1. The van der Waals surface area contributed by atoms with E-state index >= 15 is 0 Å². The largest absolute Gasteiger partial charge is 0.383 e. The zero-order valence-electron chi connectivity index (χ0n) is 8.47. The molecule has 0 radical (unpaired) electrons. The average Bonchev–Trinajstić information content (AvgIpc) is 2.48. The number of hydrogen-bond donors (Lipinski definition) is 2. The van der Waals surface area contributed by atoms with Crippen molar-refractivity contribution in [2.45, 2.75) is 30.2 Å². The van der Waals surface area contributed by atoms with Gasteiger partial charge in [-0.1, -0.05) is 6.42 Å². The molecule has 0 saturated heterocycles. The Morgan fingerprint density at radius 1 is 1.60 bits per heavy atom. The molecule has 0 unspecified atom stereocenters. The highest BCUT2D eigenvalue weighted by Gasteiger charge is 2.33. The topological polar surface area (TPSA) is 92.1 Å². The minimum Gasteiger partial charge on any atom is -0.383 e. The SMILES string of the molecule is CN(C1CCC1)S(=O)(=O)c1cn[nH]c1N. The molecule has 0 atom stereocenters. The molecule has 0 amide bonds. The molecule has 1 aromatic heterocycles. The maximum Gasteiger partial charge on any atom is 0.248 e. The molecule has 1 aromatic rings. The number of aromatic amines is 1. The Bertz CT molecular complexity index is 449. The van der Waals surface area contributed by atoms with Crippen LogP contribution in [0.15, 0.2) is 11.1 Å². The number of anilines is 1. The van der Waals surface area contributed by atoms with Crippen LogP contribution in [-0.4, -0.2) is 36.0 Å². The van der Waals surface area contributed by atoms with E-state index in [9.17, 15) is 8.42 Å².